The Labute approximate surface area is 152 Å². The highest BCUT2D eigenvalue weighted by Crippen LogP contribution is 2.25. The first-order chi connectivity index (χ1) is 11.0. The maximum atomic E-state index is 12.4. The summed E-state index contributed by atoms with van der Waals surface area (Å²) >= 11 is 7.92. The molecule has 23 heavy (non-hydrogen) atoms. The zero-order valence-corrected chi connectivity index (χ0v) is 15.3. The lowest BCUT2D eigenvalue weighted by atomic mass is 10.1. The van der Waals surface area contributed by atoms with E-state index in [0.717, 1.165) is 0 Å². The van der Waals surface area contributed by atoms with Crippen molar-refractivity contribution >= 4 is 51.8 Å². The molecule has 5 nitrogen and oxygen atoms in total. The summed E-state index contributed by atoms with van der Waals surface area (Å²) in [6, 6.07) is 9.69. The lowest BCUT2D eigenvalue weighted by molar-refractivity contribution is 0.0601. The molecule has 120 valence electrons. The standard InChI is InChI=1S/C16H13ClINO4/c1-22-10-4-6-14(12(8-10)16(21)23-2)19-15(20)11-5-3-9(17)7-13(11)18/h3-8H,1-2H3,(H,19,20). The Balaban J connectivity index is 2.35. The van der Waals surface area contributed by atoms with E-state index in [2.05, 4.69) is 5.32 Å². The maximum Gasteiger partial charge on any atom is 0.340 e. The zero-order chi connectivity index (χ0) is 17.0. The summed E-state index contributed by atoms with van der Waals surface area (Å²) in [6.07, 6.45) is 0. The third kappa shape index (κ3) is 4.14. The molecule has 2 aromatic carbocycles. The summed E-state index contributed by atoms with van der Waals surface area (Å²) in [7, 11) is 2.76. The number of methoxy groups -OCH3 is 2. The number of hydrogen-bond donors (Lipinski definition) is 1. The van der Waals surface area contributed by atoms with Crippen molar-refractivity contribution in [2.45, 2.75) is 0 Å². The number of amides is 1. The number of carbonyl (C=O) groups is 2. The molecule has 0 saturated heterocycles. The highest BCUT2D eigenvalue weighted by Gasteiger charge is 2.17. The minimum Gasteiger partial charge on any atom is -0.497 e. The van der Waals surface area contributed by atoms with Gasteiger partial charge in [-0.3, -0.25) is 4.79 Å². The van der Waals surface area contributed by atoms with Crippen LogP contribution in [0.1, 0.15) is 20.7 Å². The Bertz CT molecular complexity index is 764. The molecule has 0 aromatic heterocycles. The van der Waals surface area contributed by atoms with E-state index in [9.17, 15) is 9.59 Å². The lowest BCUT2D eigenvalue weighted by Crippen LogP contribution is -2.16. The molecule has 0 radical (unpaired) electrons. The number of carbonyl (C=O) groups excluding carboxylic acids is 2. The van der Waals surface area contributed by atoms with Gasteiger partial charge >= 0.3 is 5.97 Å². The Morgan fingerprint density at radius 3 is 2.43 bits per heavy atom. The van der Waals surface area contributed by atoms with Crippen molar-refractivity contribution in [3.05, 3.63) is 56.1 Å². The summed E-state index contributed by atoms with van der Waals surface area (Å²) in [5.74, 6) is -0.420. The van der Waals surface area contributed by atoms with Crippen LogP contribution in [-0.4, -0.2) is 26.1 Å². The van der Waals surface area contributed by atoms with Gasteiger partial charge in [-0.2, -0.15) is 0 Å². The maximum absolute atomic E-state index is 12.4. The molecule has 0 spiro atoms. The van der Waals surface area contributed by atoms with Gasteiger partial charge in [0.1, 0.15) is 5.75 Å². The van der Waals surface area contributed by atoms with Crippen molar-refractivity contribution in [2.75, 3.05) is 19.5 Å². The second kappa shape index (κ2) is 7.65. The van der Waals surface area contributed by atoms with Crippen LogP contribution in [0, 0.1) is 3.57 Å². The van der Waals surface area contributed by atoms with E-state index in [0.29, 0.717) is 25.6 Å². The largest absolute Gasteiger partial charge is 0.497 e. The van der Waals surface area contributed by atoms with Gasteiger partial charge in [-0.05, 0) is 59.0 Å². The number of halogens is 2. The monoisotopic (exact) mass is 445 g/mol. The van der Waals surface area contributed by atoms with E-state index < -0.39 is 5.97 Å². The number of anilines is 1. The quantitative estimate of drug-likeness (QED) is 0.571. The second-order valence-corrected chi connectivity index (χ2v) is 6.08. The SMILES string of the molecule is COC(=O)c1cc(OC)ccc1NC(=O)c1ccc(Cl)cc1I. The van der Waals surface area contributed by atoms with Gasteiger partial charge in [0.05, 0.1) is 31.0 Å². The first-order valence-electron chi connectivity index (χ1n) is 6.49. The van der Waals surface area contributed by atoms with Crippen LogP contribution in [0.25, 0.3) is 0 Å². The molecule has 0 saturated carbocycles. The van der Waals surface area contributed by atoms with Crippen LogP contribution in [0.15, 0.2) is 36.4 Å². The van der Waals surface area contributed by atoms with Crippen molar-refractivity contribution in [1.29, 1.82) is 0 Å². The van der Waals surface area contributed by atoms with Gasteiger partial charge in [0.15, 0.2) is 0 Å². The molecule has 7 heteroatoms. The average Bonchev–Trinajstić information content (AvgIpc) is 2.54. The van der Waals surface area contributed by atoms with Crippen molar-refractivity contribution < 1.29 is 19.1 Å². The third-order valence-electron chi connectivity index (χ3n) is 3.06. The highest BCUT2D eigenvalue weighted by atomic mass is 127. The first kappa shape index (κ1) is 17.6. The van der Waals surface area contributed by atoms with Gasteiger partial charge in [0, 0.05) is 8.59 Å². The van der Waals surface area contributed by atoms with Crippen LogP contribution in [0.4, 0.5) is 5.69 Å². The van der Waals surface area contributed by atoms with Crippen LogP contribution in [0.5, 0.6) is 5.75 Å². The first-order valence-corrected chi connectivity index (χ1v) is 7.94. The fourth-order valence-electron chi connectivity index (χ4n) is 1.90. The molecule has 1 amide bonds. The fourth-order valence-corrected chi connectivity index (χ4v) is 3.02. The number of hydrogen-bond acceptors (Lipinski definition) is 4. The van der Waals surface area contributed by atoms with Crippen LogP contribution >= 0.6 is 34.2 Å². The minimum absolute atomic E-state index is 0.212. The van der Waals surface area contributed by atoms with E-state index in [1.165, 1.54) is 20.3 Å². The van der Waals surface area contributed by atoms with Gasteiger partial charge in [-0.1, -0.05) is 11.6 Å². The van der Waals surface area contributed by atoms with Gasteiger partial charge in [0.25, 0.3) is 5.91 Å². The Hall–Kier alpha value is -1.80. The average molecular weight is 446 g/mol. The lowest BCUT2D eigenvalue weighted by Gasteiger charge is -2.12. The smallest absolute Gasteiger partial charge is 0.340 e. The molecule has 0 heterocycles. The van der Waals surface area contributed by atoms with E-state index in [1.807, 2.05) is 22.6 Å². The van der Waals surface area contributed by atoms with Crippen molar-refractivity contribution in [1.82, 2.24) is 0 Å². The van der Waals surface area contributed by atoms with E-state index in [-0.39, 0.29) is 11.5 Å². The molecule has 0 unspecified atom stereocenters. The van der Waals surface area contributed by atoms with Gasteiger partial charge in [0.2, 0.25) is 0 Å². The van der Waals surface area contributed by atoms with Gasteiger partial charge in [-0.15, -0.1) is 0 Å². The number of rotatable bonds is 4. The molecule has 0 aliphatic rings. The summed E-state index contributed by atoms with van der Waals surface area (Å²) < 4.78 is 10.5. The molecular weight excluding hydrogens is 433 g/mol. The van der Waals surface area contributed by atoms with E-state index in [4.69, 9.17) is 21.1 Å². The highest BCUT2D eigenvalue weighted by molar-refractivity contribution is 14.1. The predicted molar refractivity (Wildman–Crippen MR) is 96.5 cm³/mol. The van der Waals surface area contributed by atoms with Gasteiger partial charge < -0.3 is 14.8 Å². The summed E-state index contributed by atoms with van der Waals surface area (Å²) in [4.78, 5) is 24.3. The number of benzene rings is 2. The van der Waals surface area contributed by atoms with Crippen LogP contribution in [0.2, 0.25) is 5.02 Å². The van der Waals surface area contributed by atoms with Crippen LogP contribution in [-0.2, 0) is 4.74 Å². The van der Waals surface area contributed by atoms with E-state index in [1.54, 1.807) is 30.3 Å². The normalized spacial score (nSPS) is 10.1. The topological polar surface area (TPSA) is 64.6 Å². The Kier molecular flexibility index (Phi) is 5.84. The van der Waals surface area contributed by atoms with E-state index >= 15 is 0 Å². The number of ether oxygens (including phenoxy) is 2. The molecule has 0 aliphatic carbocycles. The van der Waals surface area contributed by atoms with Gasteiger partial charge in [-0.25, -0.2) is 4.79 Å². The Morgan fingerprint density at radius 2 is 1.83 bits per heavy atom. The van der Waals surface area contributed by atoms with Crippen molar-refractivity contribution in [3.63, 3.8) is 0 Å². The molecule has 0 fully saturated rings. The molecule has 2 aromatic rings. The minimum atomic E-state index is -0.565. The molecular formula is C16H13ClINO4. The van der Waals surface area contributed by atoms with Crippen molar-refractivity contribution in [2.24, 2.45) is 0 Å². The third-order valence-corrected chi connectivity index (χ3v) is 4.18. The fraction of sp³-hybridized carbons (Fsp3) is 0.125. The second-order valence-electron chi connectivity index (χ2n) is 4.48. The zero-order valence-electron chi connectivity index (χ0n) is 12.4. The number of esters is 1. The Morgan fingerprint density at radius 1 is 1.09 bits per heavy atom. The number of nitrogens with one attached hydrogen (secondary N) is 1. The molecule has 1 N–H and O–H groups in total. The van der Waals surface area contributed by atoms with Crippen molar-refractivity contribution in [3.8, 4) is 5.75 Å². The molecule has 0 atom stereocenters. The summed E-state index contributed by atoms with van der Waals surface area (Å²) in [6.45, 7) is 0. The molecule has 2 rings (SSSR count). The molecule has 0 aliphatic heterocycles. The summed E-state index contributed by atoms with van der Waals surface area (Å²) in [5.41, 5.74) is 1.01. The summed E-state index contributed by atoms with van der Waals surface area (Å²) in [5, 5.41) is 3.26. The molecule has 0 bridgehead atoms. The predicted octanol–water partition coefficient (Wildman–Crippen LogP) is 3.99. The van der Waals surface area contributed by atoms with Crippen LogP contribution in [0.3, 0.4) is 0 Å². The van der Waals surface area contributed by atoms with Crippen LogP contribution < -0.4 is 10.1 Å².